The Kier molecular flexibility index (Phi) is 6.10. The molecule has 2 heterocycles. The third-order valence-electron chi connectivity index (χ3n) is 4.68. The Morgan fingerprint density at radius 3 is 2.18 bits per heavy atom. The molecule has 2 aliphatic heterocycles. The van der Waals surface area contributed by atoms with Gasteiger partial charge in [-0.2, -0.15) is 13.2 Å². The van der Waals surface area contributed by atoms with Crippen LogP contribution in [0.4, 0.5) is 13.2 Å². The quantitative estimate of drug-likeness (QED) is 0.834. The molecule has 2 aliphatic rings. The second-order valence-electron chi connectivity index (χ2n) is 6.96. The van der Waals surface area contributed by atoms with Crippen LogP contribution in [0.2, 0.25) is 0 Å². The predicted molar refractivity (Wildman–Crippen MR) is 80.0 cm³/mol. The molecule has 2 fully saturated rings. The molecule has 0 amide bonds. The minimum absolute atomic E-state index is 0.0485. The molecule has 0 unspecified atom stereocenters. The van der Waals surface area contributed by atoms with Crippen LogP contribution in [0, 0.1) is 0 Å². The standard InChI is InChI=1S/C15H28F3N3O/c1-14(2,21-7-9-22-10-8-21)11-19-13-3-5-20(6-4-13)12-15(16,17)18/h13,19H,3-12H2,1-2H3. The first kappa shape index (κ1) is 18.0. The van der Waals surface area contributed by atoms with Crippen LogP contribution < -0.4 is 5.32 Å². The van der Waals surface area contributed by atoms with Crippen molar-refractivity contribution < 1.29 is 17.9 Å². The molecule has 1 N–H and O–H groups in total. The van der Waals surface area contributed by atoms with Crippen LogP contribution in [-0.2, 0) is 4.74 Å². The third kappa shape index (κ3) is 5.68. The molecule has 0 radical (unpaired) electrons. The lowest BCUT2D eigenvalue weighted by Crippen LogP contribution is -2.56. The summed E-state index contributed by atoms with van der Waals surface area (Å²) in [6.45, 7) is 8.99. The first-order valence-corrected chi connectivity index (χ1v) is 8.11. The summed E-state index contributed by atoms with van der Waals surface area (Å²) in [5.74, 6) is 0. The molecule has 2 saturated heterocycles. The molecule has 0 aromatic carbocycles. The fourth-order valence-corrected chi connectivity index (χ4v) is 3.22. The number of halogens is 3. The molecule has 7 heteroatoms. The molecule has 0 atom stereocenters. The Bertz CT molecular complexity index is 335. The number of hydrogen-bond acceptors (Lipinski definition) is 4. The summed E-state index contributed by atoms with van der Waals surface area (Å²) in [4.78, 5) is 3.92. The lowest BCUT2D eigenvalue weighted by Gasteiger charge is -2.42. The van der Waals surface area contributed by atoms with E-state index in [9.17, 15) is 13.2 Å². The molecule has 130 valence electrons. The highest BCUT2D eigenvalue weighted by atomic mass is 19.4. The van der Waals surface area contributed by atoms with E-state index in [-0.39, 0.29) is 5.54 Å². The second kappa shape index (κ2) is 7.47. The normalized spacial score (nSPS) is 23.9. The fourth-order valence-electron chi connectivity index (χ4n) is 3.22. The van der Waals surface area contributed by atoms with Crippen LogP contribution in [0.25, 0.3) is 0 Å². The number of nitrogens with zero attached hydrogens (tertiary/aromatic N) is 2. The topological polar surface area (TPSA) is 27.7 Å². The Morgan fingerprint density at radius 1 is 1.05 bits per heavy atom. The van der Waals surface area contributed by atoms with Crippen LogP contribution in [0.1, 0.15) is 26.7 Å². The lowest BCUT2D eigenvalue weighted by molar-refractivity contribution is -0.148. The Balaban J connectivity index is 1.69. The van der Waals surface area contributed by atoms with Crippen molar-refractivity contribution in [1.29, 1.82) is 0 Å². The maximum absolute atomic E-state index is 12.4. The minimum atomic E-state index is -4.08. The van der Waals surface area contributed by atoms with E-state index >= 15 is 0 Å². The predicted octanol–water partition coefficient (Wildman–Crippen LogP) is 1.71. The Labute approximate surface area is 131 Å². The van der Waals surface area contributed by atoms with Gasteiger partial charge in [-0.3, -0.25) is 9.80 Å². The van der Waals surface area contributed by atoms with Crippen LogP contribution >= 0.6 is 0 Å². The van der Waals surface area contributed by atoms with Gasteiger partial charge in [0.25, 0.3) is 0 Å². The van der Waals surface area contributed by atoms with Gasteiger partial charge in [0, 0.05) is 31.2 Å². The maximum Gasteiger partial charge on any atom is 0.401 e. The number of ether oxygens (including phenoxy) is 1. The molecule has 0 aromatic heterocycles. The molecule has 22 heavy (non-hydrogen) atoms. The smallest absolute Gasteiger partial charge is 0.379 e. The lowest BCUT2D eigenvalue weighted by atomic mass is 9.99. The van der Waals surface area contributed by atoms with E-state index in [1.165, 1.54) is 4.90 Å². The molecule has 0 bridgehead atoms. The van der Waals surface area contributed by atoms with Crippen molar-refractivity contribution in [2.24, 2.45) is 0 Å². The third-order valence-corrected chi connectivity index (χ3v) is 4.68. The number of alkyl halides is 3. The van der Waals surface area contributed by atoms with E-state index in [4.69, 9.17) is 4.74 Å². The largest absolute Gasteiger partial charge is 0.401 e. The van der Waals surface area contributed by atoms with E-state index < -0.39 is 12.7 Å². The highest BCUT2D eigenvalue weighted by molar-refractivity contribution is 4.88. The van der Waals surface area contributed by atoms with Gasteiger partial charge >= 0.3 is 6.18 Å². The van der Waals surface area contributed by atoms with Gasteiger partial charge in [0.1, 0.15) is 0 Å². The molecule has 0 saturated carbocycles. The second-order valence-corrected chi connectivity index (χ2v) is 6.96. The number of piperidine rings is 1. The summed E-state index contributed by atoms with van der Waals surface area (Å²) in [5, 5.41) is 3.55. The van der Waals surface area contributed by atoms with E-state index in [1.54, 1.807) is 0 Å². The van der Waals surface area contributed by atoms with Gasteiger partial charge < -0.3 is 10.1 Å². The van der Waals surface area contributed by atoms with Crippen LogP contribution in [0.3, 0.4) is 0 Å². The van der Waals surface area contributed by atoms with Gasteiger partial charge in [-0.1, -0.05) is 0 Å². The van der Waals surface area contributed by atoms with Gasteiger partial charge in [0.05, 0.1) is 19.8 Å². The van der Waals surface area contributed by atoms with Crippen LogP contribution in [0.15, 0.2) is 0 Å². The van der Waals surface area contributed by atoms with E-state index in [0.29, 0.717) is 19.1 Å². The van der Waals surface area contributed by atoms with Crippen molar-refractivity contribution in [3.05, 3.63) is 0 Å². The zero-order valence-corrected chi connectivity index (χ0v) is 13.6. The monoisotopic (exact) mass is 323 g/mol. The summed E-state index contributed by atoms with van der Waals surface area (Å²) in [5.41, 5.74) is 0.0485. The number of morpholine rings is 1. The van der Waals surface area contributed by atoms with Crippen molar-refractivity contribution >= 4 is 0 Å². The van der Waals surface area contributed by atoms with E-state index in [1.807, 2.05) is 0 Å². The first-order chi connectivity index (χ1) is 10.3. The van der Waals surface area contributed by atoms with Gasteiger partial charge in [-0.05, 0) is 39.8 Å². The highest BCUT2D eigenvalue weighted by Gasteiger charge is 2.33. The first-order valence-electron chi connectivity index (χ1n) is 8.11. The molecule has 2 rings (SSSR count). The number of likely N-dealkylation sites (tertiary alicyclic amines) is 1. The molecule has 0 aromatic rings. The zero-order valence-electron chi connectivity index (χ0n) is 13.6. The van der Waals surface area contributed by atoms with E-state index in [2.05, 4.69) is 24.1 Å². The molecular formula is C15H28F3N3O. The van der Waals surface area contributed by atoms with Gasteiger partial charge in [0.15, 0.2) is 0 Å². The maximum atomic E-state index is 12.4. The van der Waals surface area contributed by atoms with Gasteiger partial charge in [-0.15, -0.1) is 0 Å². The van der Waals surface area contributed by atoms with Crippen molar-refractivity contribution in [1.82, 2.24) is 15.1 Å². The number of nitrogens with one attached hydrogen (secondary N) is 1. The molecule has 0 spiro atoms. The van der Waals surface area contributed by atoms with E-state index in [0.717, 1.165) is 45.7 Å². The Hall–Kier alpha value is -0.370. The van der Waals surface area contributed by atoms with Crippen molar-refractivity contribution in [3.63, 3.8) is 0 Å². The van der Waals surface area contributed by atoms with Crippen LogP contribution in [-0.4, -0.2) is 80.0 Å². The van der Waals surface area contributed by atoms with Crippen molar-refractivity contribution in [3.8, 4) is 0 Å². The number of hydrogen-bond donors (Lipinski definition) is 1. The minimum Gasteiger partial charge on any atom is -0.379 e. The zero-order chi connectivity index (χ0) is 16.2. The highest BCUT2D eigenvalue weighted by Crippen LogP contribution is 2.21. The average Bonchev–Trinajstić information content (AvgIpc) is 2.46. The summed E-state index contributed by atoms with van der Waals surface area (Å²) in [6, 6.07) is 0.324. The van der Waals surface area contributed by atoms with Crippen LogP contribution in [0.5, 0.6) is 0 Å². The van der Waals surface area contributed by atoms with Crippen molar-refractivity contribution in [2.45, 2.75) is 44.4 Å². The molecule has 0 aliphatic carbocycles. The summed E-state index contributed by atoms with van der Waals surface area (Å²) < 4.78 is 42.5. The van der Waals surface area contributed by atoms with Crippen molar-refractivity contribution in [2.75, 3.05) is 52.5 Å². The summed E-state index contributed by atoms with van der Waals surface area (Å²) >= 11 is 0. The fraction of sp³-hybridized carbons (Fsp3) is 1.00. The molecule has 4 nitrogen and oxygen atoms in total. The van der Waals surface area contributed by atoms with Gasteiger partial charge in [-0.25, -0.2) is 0 Å². The SMILES string of the molecule is CC(C)(CNC1CCN(CC(F)(F)F)CC1)N1CCOCC1. The average molecular weight is 323 g/mol. The number of rotatable bonds is 5. The van der Waals surface area contributed by atoms with Gasteiger partial charge in [0.2, 0.25) is 0 Å². The summed E-state index contributed by atoms with van der Waals surface area (Å²) in [6.07, 6.45) is -2.51. The molecular weight excluding hydrogens is 295 g/mol. The Morgan fingerprint density at radius 2 is 1.64 bits per heavy atom. The summed E-state index contributed by atoms with van der Waals surface area (Å²) in [7, 11) is 0.